The first kappa shape index (κ1) is 14.2. The number of nitrogens with zero attached hydrogens (tertiary/aromatic N) is 1. The molecule has 4 nitrogen and oxygen atoms in total. The summed E-state index contributed by atoms with van der Waals surface area (Å²) in [5, 5.41) is 3.34. The van der Waals surface area contributed by atoms with E-state index in [-0.39, 0.29) is 5.97 Å². The number of hydrogen-bond donors (Lipinski definition) is 1. The van der Waals surface area contributed by atoms with Crippen LogP contribution in [0.2, 0.25) is 0 Å². The normalized spacial score (nSPS) is 14.1. The molecule has 0 bridgehead atoms. The van der Waals surface area contributed by atoms with Gasteiger partial charge in [-0.1, -0.05) is 36.4 Å². The predicted molar refractivity (Wildman–Crippen MR) is 87.8 cm³/mol. The van der Waals surface area contributed by atoms with Crippen LogP contribution >= 0.6 is 0 Å². The number of methoxy groups -OCH3 is 1. The van der Waals surface area contributed by atoms with Gasteiger partial charge in [0.2, 0.25) is 0 Å². The van der Waals surface area contributed by atoms with Crippen molar-refractivity contribution < 1.29 is 9.53 Å². The fourth-order valence-corrected chi connectivity index (χ4v) is 2.57. The van der Waals surface area contributed by atoms with E-state index in [1.54, 1.807) is 0 Å². The van der Waals surface area contributed by atoms with Crippen molar-refractivity contribution >= 4 is 17.3 Å². The van der Waals surface area contributed by atoms with Gasteiger partial charge in [-0.2, -0.15) is 0 Å². The molecule has 2 aromatic rings. The molecule has 112 valence electrons. The maximum atomic E-state index is 12.0. The van der Waals surface area contributed by atoms with E-state index in [1.165, 1.54) is 7.11 Å². The lowest BCUT2D eigenvalue weighted by atomic mass is 10.2. The highest BCUT2D eigenvalue weighted by Crippen LogP contribution is 2.26. The second kappa shape index (κ2) is 6.35. The molecule has 0 aromatic heterocycles. The molecule has 1 aliphatic heterocycles. The Bertz CT molecular complexity index is 681. The Hall–Kier alpha value is -2.75. The van der Waals surface area contributed by atoms with E-state index in [0.29, 0.717) is 18.7 Å². The molecular formula is C18H18N2O2. The van der Waals surface area contributed by atoms with Crippen LogP contribution in [0.3, 0.4) is 0 Å². The van der Waals surface area contributed by atoms with Crippen LogP contribution in [-0.2, 0) is 9.53 Å². The minimum Gasteiger partial charge on any atom is -0.466 e. The monoisotopic (exact) mass is 294 g/mol. The number of nitrogens with one attached hydrogen (secondary N) is 1. The Balaban J connectivity index is 1.84. The number of hydrogen-bond acceptors (Lipinski definition) is 4. The number of carbonyl (C=O) groups is 1. The fraction of sp³-hybridized carbons (Fsp3) is 0.167. The summed E-state index contributed by atoms with van der Waals surface area (Å²) in [7, 11) is 1.42. The average molecular weight is 294 g/mol. The third-order valence-corrected chi connectivity index (χ3v) is 3.68. The molecule has 0 atom stereocenters. The van der Waals surface area contributed by atoms with Crippen LogP contribution in [0.1, 0.15) is 0 Å². The maximum Gasteiger partial charge on any atom is 0.337 e. The van der Waals surface area contributed by atoms with E-state index in [2.05, 4.69) is 10.2 Å². The van der Waals surface area contributed by atoms with Crippen molar-refractivity contribution in [3.05, 3.63) is 71.9 Å². The standard InChI is InChI=1S/C18H18N2O2/c1-22-18(21)16-12-20(15-10-6-3-7-11-15)13-17(16)19-14-8-4-2-5-9-14/h2-11,19H,12-13H2,1H3. The zero-order valence-electron chi connectivity index (χ0n) is 12.5. The lowest BCUT2D eigenvalue weighted by Gasteiger charge is -2.18. The Morgan fingerprint density at radius 1 is 1.00 bits per heavy atom. The van der Waals surface area contributed by atoms with E-state index >= 15 is 0 Å². The summed E-state index contributed by atoms with van der Waals surface area (Å²) in [4.78, 5) is 14.2. The first-order valence-corrected chi connectivity index (χ1v) is 7.20. The molecular weight excluding hydrogens is 276 g/mol. The summed E-state index contributed by atoms with van der Waals surface area (Å²) < 4.78 is 4.92. The topological polar surface area (TPSA) is 41.6 Å². The van der Waals surface area contributed by atoms with Crippen LogP contribution in [0.4, 0.5) is 11.4 Å². The Kier molecular flexibility index (Phi) is 4.10. The van der Waals surface area contributed by atoms with Crippen LogP contribution in [0.25, 0.3) is 0 Å². The summed E-state index contributed by atoms with van der Waals surface area (Å²) in [6.07, 6.45) is 0. The number of rotatable bonds is 4. The average Bonchev–Trinajstić information content (AvgIpc) is 3.00. The van der Waals surface area contributed by atoms with E-state index in [1.807, 2.05) is 60.7 Å². The van der Waals surface area contributed by atoms with E-state index in [9.17, 15) is 4.79 Å². The van der Waals surface area contributed by atoms with Crippen LogP contribution in [0.15, 0.2) is 71.9 Å². The Labute approximate surface area is 130 Å². The Morgan fingerprint density at radius 2 is 1.64 bits per heavy atom. The maximum absolute atomic E-state index is 12.0. The summed E-state index contributed by atoms with van der Waals surface area (Å²) in [5.74, 6) is -0.281. The van der Waals surface area contributed by atoms with Gasteiger partial charge < -0.3 is 15.0 Å². The van der Waals surface area contributed by atoms with Gasteiger partial charge in [-0.15, -0.1) is 0 Å². The van der Waals surface area contributed by atoms with Crippen LogP contribution in [0.5, 0.6) is 0 Å². The molecule has 0 saturated heterocycles. The van der Waals surface area contributed by atoms with Gasteiger partial charge in [0.25, 0.3) is 0 Å². The van der Waals surface area contributed by atoms with E-state index < -0.39 is 0 Å². The summed E-state index contributed by atoms with van der Waals surface area (Å²) in [5.41, 5.74) is 3.62. The number of carbonyl (C=O) groups excluding carboxylic acids is 1. The fourth-order valence-electron chi connectivity index (χ4n) is 2.57. The van der Waals surface area contributed by atoms with Crippen LogP contribution in [-0.4, -0.2) is 26.2 Å². The molecule has 1 heterocycles. The van der Waals surface area contributed by atoms with E-state index in [4.69, 9.17) is 4.74 Å². The van der Waals surface area contributed by atoms with Crippen molar-refractivity contribution in [2.45, 2.75) is 0 Å². The van der Waals surface area contributed by atoms with Crippen LogP contribution in [0, 0.1) is 0 Å². The second-order valence-electron chi connectivity index (χ2n) is 5.13. The minimum atomic E-state index is -0.281. The van der Waals surface area contributed by atoms with Gasteiger partial charge in [0.15, 0.2) is 0 Å². The molecule has 0 spiro atoms. The van der Waals surface area contributed by atoms with Crippen molar-refractivity contribution in [1.29, 1.82) is 0 Å². The molecule has 0 amide bonds. The minimum absolute atomic E-state index is 0.281. The molecule has 22 heavy (non-hydrogen) atoms. The van der Waals surface area contributed by atoms with E-state index in [0.717, 1.165) is 17.1 Å². The third-order valence-electron chi connectivity index (χ3n) is 3.68. The zero-order valence-corrected chi connectivity index (χ0v) is 12.5. The summed E-state index contributed by atoms with van der Waals surface area (Å²) >= 11 is 0. The number of benzene rings is 2. The van der Waals surface area contributed by atoms with Gasteiger partial charge in [0, 0.05) is 17.1 Å². The lowest BCUT2D eigenvalue weighted by molar-refractivity contribution is -0.136. The molecule has 0 unspecified atom stereocenters. The molecule has 0 fully saturated rings. The molecule has 1 aliphatic rings. The summed E-state index contributed by atoms with van der Waals surface area (Å²) in [6, 6.07) is 19.9. The zero-order chi connectivity index (χ0) is 15.4. The first-order valence-electron chi connectivity index (χ1n) is 7.20. The Morgan fingerprint density at radius 3 is 2.27 bits per heavy atom. The molecule has 0 radical (unpaired) electrons. The largest absolute Gasteiger partial charge is 0.466 e. The van der Waals surface area contributed by atoms with Gasteiger partial charge >= 0.3 is 5.97 Å². The van der Waals surface area contributed by atoms with Gasteiger partial charge in [-0.05, 0) is 24.3 Å². The highest BCUT2D eigenvalue weighted by atomic mass is 16.5. The second-order valence-corrected chi connectivity index (χ2v) is 5.13. The van der Waals surface area contributed by atoms with Crippen molar-refractivity contribution in [2.75, 3.05) is 30.4 Å². The number of anilines is 2. The van der Waals surface area contributed by atoms with Crippen molar-refractivity contribution in [3.8, 4) is 0 Å². The van der Waals surface area contributed by atoms with Gasteiger partial charge in [-0.25, -0.2) is 4.79 Å². The molecule has 2 aromatic carbocycles. The lowest BCUT2D eigenvalue weighted by Crippen LogP contribution is -2.22. The smallest absolute Gasteiger partial charge is 0.337 e. The molecule has 0 saturated carbocycles. The quantitative estimate of drug-likeness (QED) is 0.880. The molecule has 3 rings (SSSR count). The molecule has 0 aliphatic carbocycles. The highest BCUT2D eigenvalue weighted by Gasteiger charge is 2.27. The van der Waals surface area contributed by atoms with Crippen molar-refractivity contribution in [2.24, 2.45) is 0 Å². The highest BCUT2D eigenvalue weighted by molar-refractivity contribution is 5.92. The summed E-state index contributed by atoms with van der Waals surface area (Å²) in [6.45, 7) is 1.20. The van der Waals surface area contributed by atoms with Gasteiger partial charge in [0.1, 0.15) is 0 Å². The van der Waals surface area contributed by atoms with Crippen molar-refractivity contribution in [3.63, 3.8) is 0 Å². The SMILES string of the molecule is COC(=O)C1=C(Nc2ccccc2)CN(c2ccccc2)C1. The number of para-hydroxylation sites is 2. The molecule has 1 N–H and O–H groups in total. The first-order chi connectivity index (χ1) is 10.8. The number of esters is 1. The van der Waals surface area contributed by atoms with Crippen LogP contribution < -0.4 is 10.2 Å². The number of ether oxygens (including phenoxy) is 1. The molecule has 4 heteroatoms. The van der Waals surface area contributed by atoms with Crippen molar-refractivity contribution in [1.82, 2.24) is 0 Å². The van der Waals surface area contributed by atoms with Gasteiger partial charge in [-0.3, -0.25) is 0 Å². The third kappa shape index (κ3) is 2.96. The predicted octanol–water partition coefficient (Wildman–Crippen LogP) is 3.05. The van der Waals surface area contributed by atoms with Gasteiger partial charge in [0.05, 0.1) is 25.8 Å².